The summed E-state index contributed by atoms with van der Waals surface area (Å²) in [6, 6.07) is 3.48. The largest absolute Gasteiger partial charge is 0.493 e. The minimum absolute atomic E-state index is 0.00984. The van der Waals surface area contributed by atoms with Gasteiger partial charge in [0.1, 0.15) is 0 Å². The summed E-state index contributed by atoms with van der Waals surface area (Å²) in [4.78, 5) is 29.6. The Morgan fingerprint density at radius 3 is 2.45 bits per heavy atom. The number of hydrogen-bond donors (Lipinski definition) is 1. The summed E-state index contributed by atoms with van der Waals surface area (Å²) < 4.78 is 11.7. The Morgan fingerprint density at radius 2 is 1.90 bits per heavy atom. The molecular weight excluding hydrogens is 462 g/mol. The number of halogens is 1. The highest BCUT2D eigenvalue weighted by Gasteiger charge is 2.29. The smallest absolute Gasteiger partial charge is 0.254 e. The van der Waals surface area contributed by atoms with Gasteiger partial charge in [-0.3, -0.25) is 9.59 Å². The van der Waals surface area contributed by atoms with Crippen molar-refractivity contribution in [2.45, 2.75) is 33.6 Å². The van der Waals surface area contributed by atoms with Crippen LogP contribution in [0.1, 0.15) is 44.0 Å². The number of benzene rings is 1. The van der Waals surface area contributed by atoms with E-state index in [9.17, 15) is 9.59 Å². The number of piperidine rings is 1. The summed E-state index contributed by atoms with van der Waals surface area (Å²) in [6.45, 7) is 9.37. The molecule has 1 aliphatic heterocycles. The maximum absolute atomic E-state index is 13.0. The van der Waals surface area contributed by atoms with Crippen molar-refractivity contribution in [3.8, 4) is 11.5 Å². The van der Waals surface area contributed by atoms with Crippen LogP contribution in [-0.2, 0) is 4.79 Å². The molecule has 0 radical (unpaired) electrons. The van der Waals surface area contributed by atoms with Crippen LogP contribution in [0.5, 0.6) is 11.5 Å². The van der Waals surface area contributed by atoms with Crippen LogP contribution in [0.2, 0.25) is 0 Å². The van der Waals surface area contributed by atoms with Gasteiger partial charge in [0, 0.05) is 37.7 Å². The molecule has 0 aliphatic carbocycles. The van der Waals surface area contributed by atoms with E-state index < -0.39 is 0 Å². The number of likely N-dealkylation sites (tertiary alicyclic amines) is 1. The van der Waals surface area contributed by atoms with Crippen molar-refractivity contribution in [3.63, 3.8) is 0 Å². The molecule has 7 nitrogen and oxygen atoms in total. The van der Waals surface area contributed by atoms with Crippen LogP contribution in [0.15, 0.2) is 16.6 Å². The third kappa shape index (κ3) is 7.10. The molecule has 0 spiro atoms. The second kappa shape index (κ2) is 11.2. The van der Waals surface area contributed by atoms with Gasteiger partial charge in [0.15, 0.2) is 11.5 Å². The highest BCUT2D eigenvalue weighted by atomic mass is 79.9. The Labute approximate surface area is 194 Å². The Morgan fingerprint density at radius 1 is 1.26 bits per heavy atom. The summed E-state index contributed by atoms with van der Waals surface area (Å²) in [5.41, 5.74) is 0.552. The molecule has 0 saturated carbocycles. The second-order valence-electron chi connectivity index (χ2n) is 9.11. The first-order valence-electron chi connectivity index (χ1n) is 10.8. The predicted molar refractivity (Wildman–Crippen MR) is 126 cm³/mol. The van der Waals surface area contributed by atoms with E-state index in [0.717, 1.165) is 6.54 Å². The zero-order valence-electron chi connectivity index (χ0n) is 19.6. The number of carbonyl (C=O) groups excluding carboxylic acids is 2. The molecule has 174 valence electrons. The number of nitrogens with zero attached hydrogens (tertiary/aromatic N) is 2. The highest BCUT2D eigenvalue weighted by Crippen LogP contribution is 2.37. The molecule has 1 saturated heterocycles. The number of nitrogens with one attached hydrogen (secondary N) is 1. The van der Waals surface area contributed by atoms with Crippen LogP contribution < -0.4 is 14.8 Å². The van der Waals surface area contributed by atoms with Crippen molar-refractivity contribution in [2.75, 3.05) is 54.0 Å². The first-order valence-corrected chi connectivity index (χ1v) is 11.6. The lowest BCUT2D eigenvalue weighted by atomic mass is 9.91. The minimum Gasteiger partial charge on any atom is -0.493 e. The van der Waals surface area contributed by atoms with Crippen LogP contribution in [-0.4, -0.2) is 75.6 Å². The van der Waals surface area contributed by atoms with E-state index in [1.807, 2.05) is 21.0 Å². The zero-order chi connectivity index (χ0) is 23.2. The van der Waals surface area contributed by atoms with Gasteiger partial charge < -0.3 is 24.6 Å². The Hall–Kier alpha value is -1.80. The minimum atomic E-state index is -0.0620. The number of carbonyl (C=O) groups is 2. The van der Waals surface area contributed by atoms with Crippen molar-refractivity contribution in [2.24, 2.45) is 11.3 Å². The van der Waals surface area contributed by atoms with E-state index in [2.05, 4.69) is 40.0 Å². The molecule has 0 atom stereocenters. The van der Waals surface area contributed by atoms with Crippen molar-refractivity contribution in [1.29, 1.82) is 0 Å². The van der Waals surface area contributed by atoms with E-state index in [4.69, 9.17) is 9.47 Å². The number of amides is 2. The lowest BCUT2D eigenvalue weighted by molar-refractivity contribution is -0.126. The lowest BCUT2D eigenvalue weighted by Gasteiger charge is -2.33. The average molecular weight is 498 g/mol. The molecule has 31 heavy (non-hydrogen) atoms. The molecule has 2 amide bonds. The normalized spacial score (nSPS) is 15.2. The van der Waals surface area contributed by atoms with Crippen molar-refractivity contribution in [3.05, 3.63) is 22.2 Å². The van der Waals surface area contributed by atoms with Gasteiger partial charge in [-0.05, 0) is 67.3 Å². The van der Waals surface area contributed by atoms with Gasteiger partial charge >= 0.3 is 0 Å². The molecule has 1 aromatic carbocycles. The highest BCUT2D eigenvalue weighted by molar-refractivity contribution is 9.10. The van der Waals surface area contributed by atoms with Crippen molar-refractivity contribution < 1.29 is 19.1 Å². The molecule has 2 rings (SSSR count). The first kappa shape index (κ1) is 25.5. The van der Waals surface area contributed by atoms with Crippen LogP contribution in [0.4, 0.5) is 0 Å². The monoisotopic (exact) mass is 497 g/mol. The molecule has 0 aromatic heterocycles. The van der Waals surface area contributed by atoms with Gasteiger partial charge in [0.05, 0.1) is 18.2 Å². The summed E-state index contributed by atoms with van der Waals surface area (Å²) in [6.07, 6.45) is 1.34. The van der Waals surface area contributed by atoms with E-state index in [-0.39, 0.29) is 23.1 Å². The number of hydrogen-bond acceptors (Lipinski definition) is 5. The lowest BCUT2D eigenvalue weighted by Crippen LogP contribution is -2.46. The fourth-order valence-corrected chi connectivity index (χ4v) is 4.59. The number of methoxy groups -OCH3 is 1. The fraction of sp³-hybridized carbons (Fsp3) is 0.652. The Bertz CT molecular complexity index is 774. The SMILES string of the molecule is CCOc1c(Br)cc(C(=O)N2CCC(C(=O)NCC(C)(C)CN(C)C)CC2)cc1OC. The second-order valence-corrected chi connectivity index (χ2v) is 9.96. The summed E-state index contributed by atoms with van der Waals surface area (Å²) in [7, 11) is 5.63. The molecule has 8 heteroatoms. The Kier molecular flexibility index (Phi) is 9.18. The molecule has 1 aliphatic rings. The summed E-state index contributed by atoms with van der Waals surface area (Å²) in [5, 5.41) is 3.11. The molecule has 1 aromatic rings. The van der Waals surface area contributed by atoms with Gasteiger partial charge in [-0.15, -0.1) is 0 Å². The topological polar surface area (TPSA) is 71.1 Å². The van der Waals surface area contributed by atoms with E-state index >= 15 is 0 Å². The maximum atomic E-state index is 13.0. The van der Waals surface area contributed by atoms with Crippen LogP contribution in [0.25, 0.3) is 0 Å². The molecular formula is C23H36BrN3O4. The van der Waals surface area contributed by atoms with Crippen LogP contribution in [0.3, 0.4) is 0 Å². The van der Waals surface area contributed by atoms with Crippen molar-refractivity contribution >= 4 is 27.7 Å². The molecule has 0 bridgehead atoms. The standard InChI is InChI=1S/C23H36BrN3O4/c1-7-31-20-18(24)12-17(13-19(20)30-6)22(29)27-10-8-16(9-11-27)21(28)25-14-23(2,3)15-26(4)5/h12-13,16H,7-11,14-15H2,1-6H3,(H,25,28). The molecule has 1 N–H and O–H groups in total. The third-order valence-electron chi connectivity index (χ3n) is 5.40. The third-order valence-corrected chi connectivity index (χ3v) is 5.99. The first-order chi connectivity index (χ1) is 14.6. The Balaban J connectivity index is 1.94. The van der Waals surface area contributed by atoms with Crippen LogP contribution in [0, 0.1) is 11.3 Å². The van der Waals surface area contributed by atoms with Gasteiger partial charge in [-0.2, -0.15) is 0 Å². The van der Waals surface area contributed by atoms with Crippen LogP contribution >= 0.6 is 15.9 Å². The van der Waals surface area contributed by atoms with Gasteiger partial charge in [-0.1, -0.05) is 13.8 Å². The van der Waals surface area contributed by atoms with Gasteiger partial charge in [-0.25, -0.2) is 0 Å². The summed E-state index contributed by atoms with van der Waals surface area (Å²) in [5.74, 6) is 1.08. The van der Waals surface area contributed by atoms with Gasteiger partial charge in [0.25, 0.3) is 5.91 Å². The quantitative estimate of drug-likeness (QED) is 0.565. The molecule has 1 heterocycles. The van der Waals surface area contributed by atoms with Crippen molar-refractivity contribution in [1.82, 2.24) is 15.1 Å². The predicted octanol–water partition coefficient (Wildman–Crippen LogP) is 3.41. The fourth-order valence-electron chi connectivity index (χ4n) is 4.04. The summed E-state index contributed by atoms with van der Waals surface area (Å²) >= 11 is 3.48. The van der Waals surface area contributed by atoms with E-state index in [0.29, 0.717) is 60.6 Å². The zero-order valence-corrected chi connectivity index (χ0v) is 21.2. The number of ether oxygens (including phenoxy) is 2. The molecule has 0 unspecified atom stereocenters. The molecule has 1 fully saturated rings. The van der Waals surface area contributed by atoms with E-state index in [1.54, 1.807) is 24.1 Å². The van der Waals surface area contributed by atoms with Gasteiger partial charge in [0.2, 0.25) is 5.91 Å². The maximum Gasteiger partial charge on any atom is 0.254 e. The number of rotatable bonds is 9. The average Bonchev–Trinajstić information content (AvgIpc) is 2.72. The van der Waals surface area contributed by atoms with E-state index in [1.165, 1.54) is 0 Å².